The van der Waals surface area contributed by atoms with E-state index >= 15 is 0 Å². The van der Waals surface area contributed by atoms with Crippen molar-refractivity contribution in [3.05, 3.63) is 34.5 Å². The van der Waals surface area contributed by atoms with Crippen LogP contribution in [0.4, 0.5) is 5.69 Å². The number of pyridine rings is 1. The lowest BCUT2D eigenvalue weighted by Crippen LogP contribution is -2.27. The largest absolute Gasteiger partial charge is 0.465 e. The molecule has 0 saturated carbocycles. The molecule has 2 rings (SSSR count). The third-order valence-electron chi connectivity index (χ3n) is 3.10. The summed E-state index contributed by atoms with van der Waals surface area (Å²) < 4.78 is 4.68. The predicted octanol–water partition coefficient (Wildman–Crippen LogP) is 1.53. The van der Waals surface area contributed by atoms with Crippen LogP contribution in [0.15, 0.2) is 23.6 Å². The maximum absolute atomic E-state index is 12.0. The van der Waals surface area contributed by atoms with E-state index in [9.17, 15) is 9.59 Å². The number of carbonyl (C=O) groups excluding carboxylic acids is 2. The summed E-state index contributed by atoms with van der Waals surface area (Å²) in [5.41, 5.74) is 9.03. The van der Waals surface area contributed by atoms with Crippen LogP contribution in [0.2, 0.25) is 0 Å². The summed E-state index contributed by atoms with van der Waals surface area (Å²) in [6.45, 7) is 0.670. The second-order valence-electron chi connectivity index (χ2n) is 4.37. The fraction of sp³-hybridized carbons (Fsp3) is 0.417. The van der Waals surface area contributed by atoms with Gasteiger partial charge in [0, 0.05) is 36.8 Å². The molecule has 0 aromatic carbocycles. The average Bonchev–Trinajstić information content (AvgIpc) is 2.85. The van der Waals surface area contributed by atoms with Gasteiger partial charge in [-0.2, -0.15) is 0 Å². The molecule has 8 nitrogen and oxygen atoms in total. The van der Waals surface area contributed by atoms with E-state index in [0.717, 1.165) is 0 Å². The topological polar surface area (TPSA) is 108 Å². The van der Waals surface area contributed by atoms with Gasteiger partial charge in [-0.1, -0.05) is 5.11 Å². The van der Waals surface area contributed by atoms with E-state index in [0.29, 0.717) is 18.7 Å². The highest BCUT2D eigenvalue weighted by Gasteiger charge is 2.32. The number of nitrogens with zero attached hydrogens (tertiary/aromatic N) is 5. The monoisotopic (exact) mass is 275 g/mol. The Kier molecular flexibility index (Phi) is 4.17. The second kappa shape index (κ2) is 6.03. The van der Waals surface area contributed by atoms with Crippen LogP contribution in [0, 0.1) is 5.92 Å². The standard InChI is InChI=1S/C12H13N5O3/c1-20-12(19)9-6-14-3-2-10(9)17-7-8(4-11(17)18)5-15-16-13/h2-3,6,8H,4-5,7H2,1H3. The third kappa shape index (κ3) is 2.70. The normalized spacial score (nSPS) is 17.8. The van der Waals surface area contributed by atoms with Gasteiger partial charge in [0.05, 0.1) is 12.8 Å². The molecule has 1 saturated heterocycles. The Balaban J connectivity index is 2.26. The zero-order valence-corrected chi connectivity index (χ0v) is 10.9. The Morgan fingerprint density at radius 2 is 2.50 bits per heavy atom. The van der Waals surface area contributed by atoms with Gasteiger partial charge in [-0.3, -0.25) is 9.78 Å². The number of amides is 1. The van der Waals surface area contributed by atoms with E-state index in [-0.39, 0.29) is 23.9 Å². The van der Waals surface area contributed by atoms with Gasteiger partial charge in [0.2, 0.25) is 5.91 Å². The van der Waals surface area contributed by atoms with Crippen molar-refractivity contribution in [2.75, 3.05) is 25.1 Å². The van der Waals surface area contributed by atoms with Gasteiger partial charge in [0.1, 0.15) is 5.56 Å². The van der Waals surface area contributed by atoms with E-state index in [1.165, 1.54) is 24.4 Å². The minimum atomic E-state index is -0.542. The Bertz CT molecular complexity index is 582. The number of hydrogen-bond acceptors (Lipinski definition) is 5. The van der Waals surface area contributed by atoms with Crippen LogP contribution in [-0.4, -0.2) is 37.1 Å². The van der Waals surface area contributed by atoms with Crippen molar-refractivity contribution in [2.24, 2.45) is 11.0 Å². The molecule has 104 valence electrons. The molecule has 2 heterocycles. The minimum absolute atomic E-state index is 0.0444. The van der Waals surface area contributed by atoms with Crippen LogP contribution in [-0.2, 0) is 9.53 Å². The van der Waals surface area contributed by atoms with Crippen molar-refractivity contribution in [3.8, 4) is 0 Å². The Labute approximate surface area is 115 Å². The van der Waals surface area contributed by atoms with Crippen molar-refractivity contribution in [1.82, 2.24) is 4.98 Å². The maximum atomic E-state index is 12.0. The fourth-order valence-electron chi connectivity index (χ4n) is 2.18. The highest BCUT2D eigenvalue weighted by Crippen LogP contribution is 2.28. The lowest BCUT2D eigenvalue weighted by atomic mass is 10.1. The quantitative estimate of drug-likeness (QED) is 0.359. The van der Waals surface area contributed by atoms with Crippen LogP contribution in [0.1, 0.15) is 16.8 Å². The first-order chi connectivity index (χ1) is 9.67. The summed E-state index contributed by atoms with van der Waals surface area (Å²) >= 11 is 0. The number of azide groups is 1. The summed E-state index contributed by atoms with van der Waals surface area (Å²) in [5, 5.41) is 3.49. The Morgan fingerprint density at radius 1 is 1.70 bits per heavy atom. The van der Waals surface area contributed by atoms with Gasteiger partial charge in [-0.05, 0) is 17.5 Å². The number of ether oxygens (including phenoxy) is 1. The first-order valence-corrected chi connectivity index (χ1v) is 6.01. The number of carbonyl (C=O) groups is 2. The fourth-order valence-corrected chi connectivity index (χ4v) is 2.18. The molecule has 0 aliphatic carbocycles. The lowest BCUT2D eigenvalue weighted by Gasteiger charge is -2.18. The highest BCUT2D eigenvalue weighted by atomic mass is 16.5. The number of esters is 1. The zero-order valence-electron chi connectivity index (χ0n) is 10.9. The summed E-state index contributed by atoms with van der Waals surface area (Å²) in [4.78, 5) is 31.8. The maximum Gasteiger partial charge on any atom is 0.341 e. The van der Waals surface area contributed by atoms with Gasteiger partial charge in [0.15, 0.2) is 0 Å². The van der Waals surface area contributed by atoms with Gasteiger partial charge < -0.3 is 9.64 Å². The van der Waals surface area contributed by atoms with Crippen molar-refractivity contribution in [2.45, 2.75) is 6.42 Å². The van der Waals surface area contributed by atoms with Crippen molar-refractivity contribution in [3.63, 3.8) is 0 Å². The summed E-state index contributed by atoms with van der Waals surface area (Å²) in [6.07, 6.45) is 3.17. The molecule has 1 atom stereocenters. The molecule has 1 aromatic heterocycles. The van der Waals surface area contributed by atoms with E-state index in [1.54, 1.807) is 6.07 Å². The van der Waals surface area contributed by atoms with Gasteiger partial charge in [-0.25, -0.2) is 4.79 Å². The van der Waals surface area contributed by atoms with Crippen LogP contribution in [0.3, 0.4) is 0 Å². The number of anilines is 1. The molecule has 0 spiro atoms. The minimum Gasteiger partial charge on any atom is -0.465 e. The first kappa shape index (κ1) is 13.8. The number of hydrogen-bond donors (Lipinski definition) is 0. The van der Waals surface area contributed by atoms with Crippen LogP contribution >= 0.6 is 0 Å². The number of rotatable bonds is 4. The molecule has 1 aromatic rings. The SMILES string of the molecule is COC(=O)c1cnccc1N1CC(CN=[N+]=[N-])CC1=O. The van der Waals surface area contributed by atoms with Crippen molar-refractivity contribution in [1.29, 1.82) is 0 Å². The van der Waals surface area contributed by atoms with Gasteiger partial charge in [-0.15, -0.1) is 0 Å². The Morgan fingerprint density at radius 3 is 3.20 bits per heavy atom. The Hall–Kier alpha value is -2.60. The number of methoxy groups -OCH3 is 1. The molecule has 1 amide bonds. The summed E-state index contributed by atoms with van der Waals surface area (Å²) in [6, 6.07) is 1.60. The van der Waals surface area contributed by atoms with Crippen molar-refractivity contribution >= 4 is 17.6 Å². The van der Waals surface area contributed by atoms with E-state index < -0.39 is 5.97 Å². The van der Waals surface area contributed by atoms with Crippen LogP contribution in [0.5, 0.6) is 0 Å². The molecule has 1 fully saturated rings. The lowest BCUT2D eigenvalue weighted by molar-refractivity contribution is -0.117. The number of aromatic nitrogens is 1. The molecule has 20 heavy (non-hydrogen) atoms. The zero-order chi connectivity index (χ0) is 14.5. The van der Waals surface area contributed by atoms with Crippen LogP contribution < -0.4 is 4.90 Å². The molecule has 1 aliphatic heterocycles. The molecule has 1 aliphatic rings. The molecule has 0 bridgehead atoms. The molecule has 0 N–H and O–H groups in total. The predicted molar refractivity (Wildman–Crippen MR) is 70.0 cm³/mol. The van der Waals surface area contributed by atoms with E-state index in [1.807, 2.05) is 0 Å². The van der Waals surface area contributed by atoms with E-state index in [2.05, 4.69) is 19.7 Å². The molecule has 0 radical (unpaired) electrons. The molecular weight excluding hydrogens is 262 g/mol. The van der Waals surface area contributed by atoms with E-state index in [4.69, 9.17) is 5.53 Å². The molecule has 8 heteroatoms. The summed E-state index contributed by atoms with van der Waals surface area (Å²) in [5.74, 6) is -0.698. The van der Waals surface area contributed by atoms with Gasteiger partial charge >= 0.3 is 5.97 Å². The van der Waals surface area contributed by atoms with Crippen LogP contribution in [0.25, 0.3) is 10.4 Å². The molecule has 1 unspecified atom stereocenters. The third-order valence-corrected chi connectivity index (χ3v) is 3.10. The van der Waals surface area contributed by atoms with Crippen molar-refractivity contribution < 1.29 is 14.3 Å². The highest BCUT2D eigenvalue weighted by molar-refractivity contribution is 6.03. The average molecular weight is 275 g/mol. The smallest absolute Gasteiger partial charge is 0.341 e. The molecular formula is C12H13N5O3. The summed E-state index contributed by atoms with van der Waals surface area (Å²) in [7, 11) is 1.27. The second-order valence-corrected chi connectivity index (χ2v) is 4.37. The first-order valence-electron chi connectivity index (χ1n) is 6.01. The van der Waals surface area contributed by atoms with Gasteiger partial charge in [0.25, 0.3) is 0 Å².